The van der Waals surface area contributed by atoms with Crippen molar-refractivity contribution in [3.8, 4) is 5.75 Å². The van der Waals surface area contributed by atoms with E-state index < -0.39 is 35.3 Å². The minimum absolute atomic E-state index is 0.0371. The summed E-state index contributed by atoms with van der Waals surface area (Å²) in [7, 11) is 2.96. The molecule has 28 heteroatoms. The summed E-state index contributed by atoms with van der Waals surface area (Å²) in [6.07, 6.45) is 6.77. The molecule has 1 aliphatic heterocycles. The number of benzene rings is 5. The maximum Gasteiger partial charge on any atom is 0.308 e. The number of carbonyl (C=O) groups is 9. The molecule has 0 fully saturated rings. The molecule has 0 bridgehead atoms. The van der Waals surface area contributed by atoms with E-state index >= 15 is 0 Å². The number of Topliss-reactive ketones (excluding diaryl/α,β-unsaturated/α-hetero) is 3. The zero-order chi connectivity index (χ0) is 71.9. The predicted molar refractivity (Wildman–Crippen MR) is 394 cm³/mol. The van der Waals surface area contributed by atoms with E-state index in [2.05, 4.69) is 51.5 Å². The van der Waals surface area contributed by atoms with Gasteiger partial charge in [-0.05, 0) is 109 Å². The number of halogens is 1. The number of nitrogens with zero attached hydrogens (tertiary/aromatic N) is 4. The molecule has 5 amide bonds. The van der Waals surface area contributed by atoms with Crippen molar-refractivity contribution in [1.82, 2.24) is 40.9 Å². The van der Waals surface area contributed by atoms with Crippen LogP contribution in [-0.2, 0) is 52.8 Å². The van der Waals surface area contributed by atoms with E-state index in [0.29, 0.717) is 119 Å². The number of aromatic amines is 2. The number of nitrogens with two attached hydrogens (primary N) is 2. The Morgan fingerprint density at radius 3 is 2.31 bits per heavy atom. The third-order valence-electron chi connectivity index (χ3n) is 17.5. The molecule has 0 saturated heterocycles. The molecule has 4 atom stereocenters. The van der Waals surface area contributed by atoms with E-state index in [-0.39, 0.29) is 121 Å². The number of carbonyl (C=O) groups excluding carboxylic acids is 9. The third-order valence-corrected chi connectivity index (χ3v) is 20.3. The van der Waals surface area contributed by atoms with Crippen LogP contribution in [0.25, 0.3) is 38.9 Å². The summed E-state index contributed by atoms with van der Waals surface area (Å²) in [5.41, 5.74) is 18.9. The van der Waals surface area contributed by atoms with E-state index in [0.717, 1.165) is 33.0 Å². The SMILES string of the molecule is CC(=O)Oc1cc2c(c3ccccc13)C(CCl)CN2C(=O)c1cc2cc(NC(=O)C3=Cc4cc(NC(=O)CCSSCCNC(=O)[C@H](C)CC(=O)[C@H](CCCNC(=N)N)NC(=O)[C@H](C)CC(=O)CCCCC(=O)c5ccc(CCc6cnc7nc(N)[nH]c(=O)c7n6)cc5)ccc4C3)ccc2[nH]1. The summed E-state index contributed by atoms with van der Waals surface area (Å²) < 4.78 is 5.60. The molecule has 8 aromatic rings. The zero-order valence-electron chi connectivity index (χ0n) is 56.1. The zero-order valence-corrected chi connectivity index (χ0v) is 58.4. The summed E-state index contributed by atoms with van der Waals surface area (Å²) >= 11 is 6.49. The number of nitrogen functional groups attached to an aromatic ring is 1. The Morgan fingerprint density at radius 1 is 0.792 bits per heavy atom. The van der Waals surface area contributed by atoms with Crippen LogP contribution in [0.1, 0.15) is 133 Å². The number of anilines is 4. The number of aryl methyl sites for hydroxylation is 2. The van der Waals surface area contributed by atoms with Gasteiger partial charge < -0.3 is 52.7 Å². The van der Waals surface area contributed by atoms with Crippen molar-refractivity contribution in [2.75, 3.05) is 58.3 Å². The summed E-state index contributed by atoms with van der Waals surface area (Å²) in [6, 6.07) is 28.2. The van der Waals surface area contributed by atoms with Crippen molar-refractivity contribution < 1.29 is 47.9 Å². The molecule has 0 spiro atoms. The number of guanidine groups is 1. The lowest BCUT2D eigenvalue weighted by Gasteiger charge is -2.22. The van der Waals surface area contributed by atoms with Gasteiger partial charge in [0, 0.05) is 145 Å². The maximum absolute atomic E-state index is 14.2. The molecule has 0 saturated carbocycles. The number of esters is 1. The first-order chi connectivity index (χ1) is 48.6. The third kappa shape index (κ3) is 19.4. The van der Waals surface area contributed by atoms with Crippen LogP contribution in [0.2, 0.25) is 0 Å². The van der Waals surface area contributed by atoms with Gasteiger partial charge in [0.05, 0.1) is 23.6 Å². The molecule has 3 aromatic heterocycles. The second-order valence-corrected chi connectivity index (χ2v) is 28.2. The molecule has 5 aromatic carbocycles. The number of hydrogen-bond acceptors (Lipinski definition) is 18. The Hall–Kier alpha value is -10.3. The number of aromatic nitrogens is 5. The first-order valence-electron chi connectivity index (χ1n) is 33.4. The average molecular weight is 1430 g/mol. The monoisotopic (exact) mass is 1430 g/mol. The van der Waals surface area contributed by atoms with Crippen molar-refractivity contribution >= 4 is 154 Å². The van der Waals surface area contributed by atoms with E-state index in [1.54, 1.807) is 79.6 Å². The fraction of sp³-hybridized carbons (Fsp3) is 0.342. The minimum atomic E-state index is -0.954. The lowest BCUT2D eigenvalue weighted by atomic mass is 9.95. The van der Waals surface area contributed by atoms with Crippen molar-refractivity contribution in [3.63, 3.8) is 0 Å². The van der Waals surface area contributed by atoms with Gasteiger partial charge in [-0.1, -0.05) is 90.0 Å². The van der Waals surface area contributed by atoms with Gasteiger partial charge >= 0.3 is 5.97 Å². The molecule has 10 rings (SSSR count). The number of ketones is 3. The smallest absolute Gasteiger partial charge is 0.308 e. The molecular formula is C73H79ClN14O11S2. The van der Waals surface area contributed by atoms with E-state index in [1.807, 2.05) is 48.5 Å². The van der Waals surface area contributed by atoms with Gasteiger partial charge in [-0.3, -0.25) is 58.3 Å². The van der Waals surface area contributed by atoms with Crippen molar-refractivity contribution in [2.24, 2.45) is 17.6 Å². The molecule has 1 unspecified atom stereocenters. The van der Waals surface area contributed by atoms with E-state index in [1.165, 1.54) is 28.5 Å². The summed E-state index contributed by atoms with van der Waals surface area (Å²) in [4.78, 5) is 151. The predicted octanol–water partition coefficient (Wildman–Crippen LogP) is 9.41. The van der Waals surface area contributed by atoms with Gasteiger partial charge in [-0.25, -0.2) is 9.97 Å². The summed E-state index contributed by atoms with van der Waals surface area (Å²) in [5, 5.41) is 24.1. The molecule has 1 aliphatic carbocycles. The topological polar surface area (TPSA) is 389 Å². The highest BCUT2D eigenvalue weighted by Crippen LogP contribution is 2.46. The minimum Gasteiger partial charge on any atom is -0.426 e. The van der Waals surface area contributed by atoms with Crippen LogP contribution in [0.3, 0.4) is 0 Å². The maximum atomic E-state index is 14.2. The van der Waals surface area contributed by atoms with Crippen molar-refractivity contribution in [1.29, 1.82) is 5.41 Å². The number of unbranched alkanes of at least 4 members (excludes halogenated alkanes) is 1. The van der Waals surface area contributed by atoms with Crippen LogP contribution in [0, 0.1) is 17.2 Å². The fourth-order valence-electron chi connectivity index (χ4n) is 12.3. The highest BCUT2D eigenvalue weighted by molar-refractivity contribution is 8.76. The lowest BCUT2D eigenvalue weighted by molar-refractivity contribution is -0.133. The van der Waals surface area contributed by atoms with Gasteiger partial charge in [-0.15, -0.1) is 11.6 Å². The standard InChI is InChI=1S/C73H79ClN14O11S2/c1-40(29-53(90)9-4-7-13-60(91)44-17-14-43(15-18-44)16-20-52-38-80-66-65(82-52)70(97)87-73(77)86-66)68(95)85-57(12-8-25-79-72(75)76)61(92)30-41(2)67(94)78-26-28-101-100-27-24-63(93)81-50-21-19-45-31-48(32-46(45)33-50)69(96)83-51-22-23-56-47(34-51)35-58(84-56)71(98)88-39-49(37-74)64-55-11-6-5-10-54(55)62(36-59(64)88)99-42(3)89/h5-6,10-11,14-15,17-19,21-23,32-36,38,40-41,49,57,84H,4,7-9,12-13,16,20,24-31,37,39H2,1-3H3,(H,78,94)(H,81,93)(H,83,96)(H,85,95)(H4,75,76,79)(H3,77,80,86,87,97)/t40-,41-,49?,57+/m1/s1. The van der Waals surface area contributed by atoms with Gasteiger partial charge in [-0.2, -0.15) is 4.98 Å². The van der Waals surface area contributed by atoms with Gasteiger partial charge in [0.15, 0.2) is 28.7 Å². The first kappa shape index (κ1) is 73.5. The van der Waals surface area contributed by atoms with Gasteiger partial charge in [0.2, 0.25) is 23.7 Å². The van der Waals surface area contributed by atoms with Crippen molar-refractivity contribution in [3.05, 3.63) is 158 Å². The van der Waals surface area contributed by atoms with Crippen LogP contribution in [0.5, 0.6) is 5.75 Å². The number of H-pyrrole nitrogens is 2. The Labute approximate surface area is 594 Å². The average Bonchev–Trinajstić information content (AvgIpc) is 1.61. The summed E-state index contributed by atoms with van der Waals surface area (Å²) in [6.45, 7) is 5.49. The number of rotatable bonds is 34. The Morgan fingerprint density at radius 2 is 1.53 bits per heavy atom. The fourth-order valence-corrected chi connectivity index (χ4v) is 14.4. The Bertz CT molecular complexity index is 4620. The summed E-state index contributed by atoms with van der Waals surface area (Å²) in [5.74, 6) is -2.88. The van der Waals surface area contributed by atoms with Crippen LogP contribution in [0.4, 0.5) is 23.0 Å². The number of nitrogens with one attached hydrogen (secondary N) is 8. The molecule has 25 nitrogen and oxygen atoms in total. The highest BCUT2D eigenvalue weighted by Gasteiger charge is 2.36. The second-order valence-electron chi connectivity index (χ2n) is 25.2. The van der Waals surface area contributed by atoms with E-state index in [9.17, 15) is 47.9 Å². The van der Waals surface area contributed by atoms with Crippen LogP contribution in [-0.4, -0.2) is 127 Å². The largest absolute Gasteiger partial charge is 0.426 e. The molecule has 0 radical (unpaired) electrons. The molecule has 12 N–H and O–H groups in total. The molecule has 101 heavy (non-hydrogen) atoms. The molecule has 4 heterocycles. The first-order valence-corrected chi connectivity index (χ1v) is 36.4. The number of alkyl halides is 1. The number of amides is 5. The van der Waals surface area contributed by atoms with Crippen LogP contribution < -0.4 is 53.2 Å². The Kier molecular flexibility index (Phi) is 24.9. The second kappa shape index (κ2) is 34.2. The number of hydrogen-bond donors (Lipinski definition) is 10. The highest BCUT2D eigenvalue weighted by atomic mass is 35.5. The van der Waals surface area contributed by atoms with Crippen LogP contribution >= 0.6 is 33.2 Å². The molecule has 526 valence electrons. The number of fused-ring (bicyclic) bond motifs is 6. The normalized spacial score (nSPS) is 13.9. The van der Waals surface area contributed by atoms with Gasteiger partial charge in [0.25, 0.3) is 17.4 Å². The molecule has 2 aliphatic rings. The van der Waals surface area contributed by atoms with Gasteiger partial charge in [0.1, 0.15) is 17.2 Å². The lowest BCUT2D eigenvalue weighted by Crippen LogP contribution is -2.45. The van der Waals surface area contributed by atoms with Crippen molar-refractivity contribution in [2.45, 2.75) is 110 Å². The number of ether oxygens (including phenoxy) is 1. The Balaban J connectivity index is 0.602. The van der Waals surface area contributed by atoms with E-state index in [4.69, 9.17) is 33.2 Å². The quantitative estimate of drug-likeness (QED) is 0.00262. The van der Waals surface area contributed by atoms with Crippen LogP contribution in [0.15, 0.2) is 114 Å². The molecular weight excluding hydrogens is 1350 g/mol.